The van der Waals surface area contributed by atoms with Gasteiger partial charge in [-0.15, -0.1) is 11.3 Å². The molecule has 2 atom stereocenters. The lowest BCUT2D eigenvalue weighted by Gasteiger charge is -2.29. The molecule has 1 aliphatic rings. The number of carboxylic acids is 1. The average molecular weight is 399 g/mol. The number of aromatic nitrogens is 1. The maximum absolute atomic E-state index is 12.9. The summed E-state index contributed by atoms with van der Waals surface area (Å²) in [4.78, 5) is 30.2. The molecule has 1 aromatic carbocycles. The molecule has 0 fully saturated rings. The number of aryl methyl sites for hydroxylation is 3. The molecule has 1 amide bonds. The zero-order valence-electron chi connectivity index (χ0n) is 16.9. The number of rotatable bonds is 4. The van der Waals surface area contributed by atoms with E-state index in [4.69, 9.17) is 0 Å². The molecule has 2 N–H and O–H groups in total. The number of hydrogen-bond donors (Lipinski definition) is 2. The van der Waals surface area contributed by atoms with Crippen LogP contribution in [0.3, 0.4) is 0 Å². The predicted octanol–water partition coefficient (Wildman–Crippen LogP) is 5.12. The van der Waals surface area contributed by atoms with E-state index in [1.54, 1.807) is 0 Å². The van der Waals surface area contributed by atoms with Crippen molar-refractivity contribution >= 4 is 28.3 Å². The molecule has 0 bridgehead atoms. The van der Waals surface area contributed by atoms with E-state index in [9.17, 15) is 14.7 Å². The van der Waals surface area contributed by atoms with Gasteiger partial charge < -0.3 is 10.4 Å². The van der Waals surface area contributed by atoms with E-state index in [0.29, 0.717) is 18.0 Å². The summed E-state index contributed by atoms with van der Waals surface area (Å²) < 4.78 is 0. The lowest BCUT2D eigenvalue weighted by atomic mass is 9.76. The van der Waals surface area contributed by atoms with Crippen molar-refractivity contribution in [1.29, 1.82) is 0 Å². The summed E-state index contributed by atoms with van der Waals surface area (Å²) in [6.07, 6.45) is 0.896. The molecule has 0 spiro atoms. The first-order valence-corrected chi connectivity index (χ1v) is 10.2. The van der Waals surface area contributed by atoms with Gasteiger partial charge in [0.15, 0.2) is 5.13 Å². The lowest BCUT2D eigenvalue weighted by Crippen LogP contribution is -2.36. The fraction of sp³-hybridized carbons (Fsp3) is 0.409. The van der Waals surface area contributed by atoms with Gasteiger partial charge in [0.1, 0.15) is 0 Å². The van der Waals surface area contributed by atoms with E-state index >= 15 is 0 Å². The Morgan fingerprint density at radius 2 is 1.68 bits per heavy atom. The first-order valence-electron chi connectivity index (χ1n) is 9.41. The van der Waals surface area contributed by atoms with Gasteiger partial charge in [-0.3, -0.25) is 9.59 Å². The van der Waals surface area contributed by atoms with Crippen LogP contribution >= 0.6 is 11.3 Å². The number of allylic oxidation sites excluding steroid dienone is 2. The Labute approximate surface area is 169 Å². The van der Waals surface area contributed by atoms with Crippen molar-refractivity contribution in [2.75, 3.05) is 5.32 Å². The Balaban J connectivity index is 1.83. The second-order valence-corrected chi connectivity index (χ2v) is 8.94. The normalized spacial score (nSPS) is 19.6. The standard InChI is InChI=1S/C22H26N2O3S/c1-11-6-7-16(8-12(11)2)19-15(5)28-22(23-19)24-20(25)17-9-13(3)14(4)10-18(17)21(26)27/h6-8,17-18H,9-10H2,1-5H3,(H,26,27)(H,23,24,25). The Morgan fingerprint density at radius 3 is 2.29 bits per heavy atom. The second kappa shape index (κ2) is 7.87. The maximum atomic E-state index is 12.9. The molecule has 2 aromatic rings. The number of aliphatic carboxylic acids is 1. The molecule has 0 saturated heterocycles. The van der Waals surface area contributed by atoms with Gasteiger partial charge in [0, 0.05) is 10.4 Å². The van der Waals surface area contributed by atoms with Crippen molar-refractivity contribution in [3.8, 4) is 11.3 Å². The minimum Gasteiger partial charge on any atom is -0.481 e. The number of thiazole rings is 1. The highest BCUT2D eigenvalue weighted by Gasteiger charge is 2.37. The molecule has 6 heteroatoms. The van der Waals surface area contributed by atoms with Gasteiger partial charge in [-0.05, 0) is 64.7 Å². The van der Waals surface area contributed by atoms with Crippen LogP contribution in [0.4, 0.5) is 5.13 Å². The van der Waals surface area contributed by atoms with Gasteiger partial charge in [0.05, 0.1) is 17.5 Å². The number of anilines is 1. The number of nitrogens with one attached hydrogen (secondary N) is 1. The van der Waals surface area contributed by atoms with Gasteiger partial charge in [0.2, 0.25) is 5.91 Å². The van der Waals surface area contributed by atoms with Crippen LogP contribution < -0.4 is 5.32 Å². The van der Waals surface area contributed by atoms with Crippen molar-refractivity contribution in [2.45, 2.75) is 47.5 Å². The third-order valence-corrected chi connectivity index (χ3v) is 6.61. The van der Waals surface area contributed by atoms with Gasteiger partial charge in [0.25, 0.3) is 0 Å². The quantitative estimate of drug-likeness (QED) is 0.701. The second-order valence-electron chi connectivity index (χ2n) is 7.73. The molecule has 3 rings (SSSR count). The van der Waals surface area contributed by atoms with Crippen LogP contribution in [0.25, 0.3) is 11.3 Å². The minimum absolute atomic E-state index is 0.264. The molecule has 2 unspecified atom stereocenters. The topological polar surface area (TPSA) is 79.3 Å². The van der Waals surface area contributed by atoms with Crippen LogP contribution in [0.15, 0.2) is 29.3 Å². The lowest BCUT2D eigenvalue weighted by molar-refractivity contribution is -0.146. The largest absolute Gasteiger partial charge is 0.481 e. The smallest absolute Gasteiger partial charge is 0.307 e. The van der Waals surface area contributed by atoms with Crippen molar-refractivity contribution in [1.82, 2.24) is 4.98 Å². The van der Waals surface area contributed by atoms with Crippen molar-refractivity contribution in [3.63, 3.8) is 0 Å². The predicted molar refractivity (Wildman–Crippen MR) is 113 cm³/mol. The first kappa shape index (κ1) is 20.3. The zero-order valence-corrected chi connectivity index (χ0v) is 17.7. The molecule has 1 aromatic heterocycles. The summed E-state index contributed by atoms with van der Waals surface area (Å²) in [6, 6.07) is 6.20. The van der Waals surface area contributed by atoms with E-state index in [0.717, 1.165) is 27.3 Å². The number of carbonyl (C=O) groups is 2. The number of carboxylic acid groups (broad SMARTS) is 1. The summed E-state index contributed by atoms with van der Waals surface area (Å²) in [6.45, 7) is 10.0. The van der Waals surface area contributed by atoms with Gasteiger partial charge >= 0.3 is 5.97 Å². The molecule has 0 radical (unpaired) electrons. The first-order chi connectivity index (χ1) is 13.2. The molecule has 148 valence electrons. The molecule has 1 aliphatic carbocycles. The Hall–Kier alpha value is -2.47. The summed E-state index contributed by atoms with van der Waals surface area (Å²) in [5, 5.41) is 12.9. The molecule has 0 aliphatic heterocycles. The van der Waals surface area contributed by atoms with E-state index in [1.807, 2.05) is 26.8 Å². The minimum atomic E-state index is -0.918. The third-order valence-electron chi connectivity index (χ3n) is 5.73. The summed E-state index contributed by atoms with van der Waals surface area (Å²) in [5.41, 5.74) is 6.46. The monoisotopic (exact) mass is 398 g/mol. The highest BCUT2D eigenvalue weighted by molar-refractivity contribution is 7.16. The highest BCUT2D eigenvalue weighted by Crippen LogP contribution is 2.36. The summed E-state index contributed by atoms with van der Waals surface area (Å²) in [5.74, 6) is -2.45. The van der Waals surface area contributed by atoms with Gasteiger partial charge in [-0.25, -0.2) is 4.98 Å². The molecule has 1 heterocycles. The Morgan fingerprint density at radius 1 is 1.04 bits per heavy atom. The van der Waals surface area contributed by atoms with Crippen LogP contribution in [0.2, 0.25) is 0 Å². The molecule has 5 nitrogen and oxygen atoms in total. The number of carbonyl (C=O) groups excluding carboxylic acids is 1. The average Bonchev–Trinajstić information content (AvgIpc) is 2.99. The Kier molecular flexibility index (Phi) is 5.70. The van der Waals surface area contributed by atoms with E-state index in [1.165, 1.54) is 22.5 Å². The van der Waals surface area contributed by atoms with Gasteiger partial charge in [-0.1, -0.05) is 23.3 Å². The number of benzene rings is 1. The number of hydrogen-bond acceptors (Lipinski definition) is 4. The molecule has 0 saturated carbocycles. The van der Waals surface area contributed by atoms with Crippen LogP contribution in [-0.4, -0.2) is 22.0 Å². The molecular weight excluding hydrogens is 372 g/mol. The van der Waals surface area contributed by atoms with Crippen molar-refractivity contribution < 1.29 is 14.7 Å². The summed E-state index contributed by atoms with van der Waals surface area (Å²) >= 11 is 1.42. The number of nitrogens with zero attached hydrogens (tertiary/aromatic N) is 1. The zero-order chi connectivity index (χ0) is 20.6. The molecular formula is C22H26N2O3S. The van der Waals surface area contributed by atoms with Crippen molar-refractivity contribution in [3.05, 3.63) is 45.3 Å². The SMILES string of the molecule is CC1=C(C)CC(C(=O)Nc2nc(-c3ccc(C)c(C)c3)c(C)s2)C(C(=O)O)C1. The highest BCUT2D eigenvalue weighted by atomic mass is 32.1. The third kappa shape index (κ3) is 4.02. The van der Waals surface area contributed by atoms with E-state index in [-0.39, 0.29) is 5.91 Å². The van der Waals surface area contributed by atoms with Gasteiger partial charge in [-0.2, -0.15) is 0 Å². The van der Waals surface area contributed by atoms with Crippen LogP contribution in [0.5, 0.6) is 0 Å². The number of amides is 1. The van der Waals surface area contributed by atoms with E-state index in [2.05, 4.69) is 36.3 Å². The summed E-state index contributed by atoms with van der Waals surface area (Å²) in [7, 11) is 0. The van der Waals surface area contributed by atoms with Crippen LogP contribution in [0, 0.1) is 32.6 Å². The van der Waals surface area contributed by atoms with Crippen LogP contribution in [-0.2, 0) is 9.59 Å². The fourth-order valence-corrected chi connectivity index (χ4v) is 4.47. The Bertz CT molecular complexity index is 974. The van der Waals surface area contributed by atoms with Crippen molar-refractivity contribution in [2.24, 2.45) is 11.8 Å². The molecule has 28 heavy (non-hydrogen) atoms. The van der Waals surface area contributed by atoms with E-state index < -0.39 is 17.8 Å². The maximum Gasteiger partial charge on any atom is 0.307 e. The van der Waals surface area contributed by atoms with Crippen LogP contribution in [0.1, 0.15) is 42.7 Å². The fourth-order valence-electron chi connectivity index (χ4n) is 3.63.